The van der Waals surface area contributed by atoms with Crippen LogP contribution in [0, 0.1) is 0 Å². The highest BCUT2D eigenvalue weighted by molar-refractivity contribution is 7.18. The number of aryl methyl sites for hydroxylation is 2. The van der Waals surface area contributed by atoms with Crippen LogP contribution < -0.4 is 0 Å². The second-order valence-electron chi connectivity index (χ2n) is 3.98. The lowest BCUT2D eigenvalue weighted by atomic mass is 10.3. The molecule has 0 saturated heterocycles. The first-order chi connectivity index (χ1) is 8.69. The molecule has 0 atom stereocenters. The zero-order valence-corrected chi connectivity index (χ0v) is 11.6. The van der Waals surface area contributed by atoms with Crippen LogP contribution >= 0.6 is 22.9 Å². The van der Waals surface area contributed by atoms with Gasteiger partial charge in [0, 0.05) is 29.7 Å². The average molecular weight is 279 g/mol. The lowest BCUT2D eigenvalue weighted by Crippen LogP contribution is -1.97. The molecular formula is C12H11ClN4S. The molecule has 0 fully saturated rings. The van der Waals surface area contributed by atoms with Crippen molar-refractivity contribution >= 4 is 33.2 Å². The molecule has 3 aromatic rings. The van der Waals surface area contributed by atoms with E-state index in [0.717, 1.165) is 22.5 Å². The van der Waals surface area contributed by atoms with Crippen molar-refractivity contribution in [2.24, 2.45) is 7.05 Å². The molecule has 3 heterocycles. The van der Waals surface area contributed by atoms with Crippen molar-refractivity contribution in [2.45, 2.75) is 13.3 Å². The van der Waals surface area contributed by atoms with E-state index in [2.05, 4.69) is 27.9 Å². The average Bonchev–Trinajstić information content (AvgIpc) is 2.94. The van der Waals surface area contributed by atoms with Crippen LogP contribution in [-0.2, 0) is 13.5 Å². The van der Waals surface area contributed by atoms with Gasteiger partial charge in [-0.3, -0.25) is 0 Å². The van der Waals surface area contributed by atoms with Gasteiger partial charge in [0.1, 0.15) is 9.98 Å². The van der Waals surface area contributed by atoms with Gasteiger partial charge in [-0.1, -0.05) is 18.5 Å². The SMILES string of the molecule is CCc1cc2c(Cl)nc(-c3nccn3C)nc2s1. The fraction of sp³-hybridized carbons (Fsp3) is 0.250. The Hall–Kier alpha value is -1.46. The molecule has 6 heteroatoms. The van der Waals surface area contributed by atoms with Gasteiger partial charge in [-0.25, -0.2) is 15.0 Å². The minimum absolute atomic E-state index is 0.494. The first kappa shape index (κ1) is 11.6. The third-order valence-corrected chi connectivity index (χ3v) is 4.23. The van der Waals surface area contributed by atoms with Crippen LogP contribution in [0.15, 0.2) is 18.5 Å². The number of fused-ring (bicyclic) bond motifs is 1. The predicted molar refractivity (Wildman–Crippen MR) is 74.0 cm³/mol. The molecule has 18 heavy (non-hydrogen) atoms. The molecule has 0 aliphatic carbocycles. The predicted octanol–water partition coefficient (Wildman–Crippen LogP) is 3.31. The molecule has 4 nitrogen and oxygen atoms in total. The highest BCUT2D eigenvalue weighted by atomic mass is 35.5. The summed E-state index contributed by atoms with van der Waals surface area (Å²) in [7, 11) is 1.91. The Kier molecular flexibility index (Phi) is 2.80. The smallest absolute Gasteiger partial charge is 0.198 e. The summed E-state index contributed by atoms with van der Waals surface area (Å²) in [5.41, 5.74) is 0. The second-order valence-corrected chi connectivity index (χ2v) is 5.46. The molecule has 0 aromatic carbocycles. The first-order valence-electron chi connectivity index (χ1n) is 5.62. The van der Waals surface area contributed by atoms with Gasteiger partial charge in [0.2, 0.25) is 0 Å². The molecule has 0 N–H and O–H groups in total. The molecule has 0 spiro atoms. The van der Waals surface area contributed by atoms with Crippen LogP contribution in [0.5, 0.6) is 0 Å². The molecule has 0 radical (unpaired) electrons. The first-order valence-corrected chi connectivity index (χ1v) is 6.82. The number of hydrogen-bond donors (Lipinski definition) is 0. The van der Waals surface area contributed by atoms with E-state index in [1.54, 1.807) is 17.5 Å². The normalized spacial score (nSPS) is 11.3. The van der Waals surface area contributed by atoms with Crippen molar-refractivity contribution < 1.29 is 0 Å². The zero-order valence-electron chi connectivity index (χ0n) is 10.0. The fourth-order valence-electron chi connectivity index (χ4n) is 1.79. The van der Waals surface area contributed by atoms with Gasteiger partial charge in [0.25, 0.3) is 0 Å². The standard InChI is InChI=1S/C12H11ClN4S/c1-3-7-6-8-9(13)15-10(16-12(8)18-7)11-14-4-5-17(11)2/h4-6H,3H2,1-2H3. The number of aromatic nitrogens is 4. The van der Waals surface area contributed by atoms with Crippen molar-refractivity contribution in [1.82, 2.24) is 19.5 Å². The maximum atomic E-state index is 6.22. The lowest BCUT2D eigenvalue weighted by Gasteiger charge is -2.01. The Morgan fingerprint density at radius 2 is 2.22 bits per heavy atom. The number of rotatable bonds is 2. The van der Waals surface area contributed by atoms with E-state index in [1.165, 1.54) is 4.88 Å². The molecule has 0 unspecified atom stereocenters. The van der Waals surface area contributed by atoms with Crippen molar-refractivity contribution in [3.8, 4) is 11.6 Å². The van der Waals surface area contributed by atoms with Gasteiger partial charge in [-0.15, -0.1) is 11.3 Å². The third kappa shape index (κ3) is 1.79. The van der Waals surface area contributed by atoms with E-state index in [9.17, 15) is 0 Å². The quantitative estimate of drug-likeness (QED) is 0.676. The summed E-state index contributed by atoms with van der Waals surface area (Å²) in [6.07, 6.45) is 4.57. The number of halogens is 1. The van der Waals surface area contributed by atoms with Crippen molar-refractivity contribution in [2.75, 3.05) is 0 Å². The van der Waals surface area contributed by atoms with Gasteiger partial charge < -0.3 is 4.57 Å². The largest absolute Gasteiger partial charge is 0.331 e. The zero-order chi connectivity index (χ0) is 12.7. The van der Waals surface area contributed by atoms with Gasteiger partial charge in [0.15, 0.2) is 11.6 Å². The summed E-state index contributed by atoms with van der Waals surface area (Å²) in [6, 6.07) is 2.06. The third-order valence-electron chi connectivity index (χ3n) is 2.77. The van der Waals surface area contributed by atoms with Crippen molar-refractivity contribution in [3.05, 3.63) is 28.5 Å². The van der Waals surface area contributed by atoms with E-state index in [-0.39, 0.29) is 0 Å². The minimum Gasteiger partial charge on any atom is -0.331 e. The Bertz CT molecular complexity index is 716. The summed E-state index contributed by atoms with van der Waals surface area (Å²) >= 11 is 7.88. The maximum Gasteiger partial charge on any atom is 0.198 e. The highest BCUT2D eigenvalue weighted by Gasteiger charge is 2.13. The molecule has 92 valence electrons. The number of imidazole rings is 1. The molecular weight excluding hydrogens is 268 g/mol. The van der Waals surface area contributed by atoms with Crippen LogP contribution in [0.2, 0.25) is 5.15 Å². The molecule has 0 amide bonds. The van der Waals surface area contributed by atoms with Gasteiger partial charge in [-0.05, 0) is 12.5 Å². The minimum atomic E-state index is 0.494. The summed E-state index contributed by atoms with van der Waals surface area (Å²) in [5, 5.41) is 1.42. The Labute approximate surface area is 113 Å². The van der Waals surface area contributed by atoms with Gasteiger partial charge >= 0.3 is 0 Å². The van der Waals surface area contributed by atoms with Crippen LogP contribution in [0.25, 0.3) is 21.9 Å². The Balaban J connectivity index is 2.23. The van der Waals surface area contributed by atoms with E-state index in [1.807, 2.05) is 17.8 Å². The van der Waals surface area contributed by atoms with E-state index >= 15 is 0 Å². The monoisotopic (exact) mass is 278 g/mol. The van der Waals surface area contributed by atoms with Gasteiger partial charge in [-0.2, -0.15) is 0 Å². The maximum absolute atomic E-state index is 6.22. The van der Waals surface area contributed by atoms with E-state index in [4.69, 9.17) is 11.6 Å². The van der Waals surface area contributed by atoms with Crippen molar-refractivity contribution in [1.29, 1.82) is 0 Å². The topological polar surface area (TPSA) is 43.6 Å². The number of hydrogen-bond acceptors (Lipinski definition) is 4. The highest BCUT2D eigenvalue weighted by Crippen LogP contribution is 2.30. The van der Waals surface area contributed by atoms with Crippen LogP contribution in [0.4, 0.5) is 0 Å². The Morgan fingerprint density at radius 1 is 1.39 bits per heavy atom. The van der Waals surface area contributed by atoms with Crippen LogP contribution in [0.3, 0.4) is 0 Å². The number of thiophene rings is 1. The summed E-state index contributed by atoms with van der Waals surface area (Å²) in [4.78, 5) is 15.3. The van der Waals surface area contributed by atoms with E-state index < -0.39 is 0 Å². The Morgan fingerprint density at radius 3 is 2.89 bits per heavy atom. The second kappa shape index (κ2) is 4.33. The molecule has 3 rings (SSSR count). The number of nitrogens with zero attached hydrogens (tertiary/aromatic N) is 4. The molecule has 0 aliphatic rings. The van der Waals surface area contributed by atoms with Crippen LogP contribution in [0.1, 0.15) is 11.8 Å². The molecule has 0 saturated carbocycles. The molecule has 0 bridgehead atoms. The summed E-state index contributed by atoms with van der Waals surface area (Å²) < 4.78 is 1.88. The summed E-state index contributed by atoms with van der Waals surface area (Å²) in [5.74, 6) is 1.30. The van der Waals surface area contributed by atoms with Crippen molar-refractivity contribution in [3.63, 3.8) is 0 Å². The van der Waals surface area contributed by atoms with Gasteiger partial charge in [0.05, 0.1) is 0 Å². The van der Waals surface area contributed by atoms with E-state index in [0.29, 0.717) is 11.0 Å². The van der Waals surface area contributed by atoms with Crippen LogP contribution in [-0.4, -0.2) is 19.5 Å². The molecule has 3 aromatic heterocycles. The lowest BCUT2D eigenvalue weighted by molar-refractivity contribution is 0.909. The summed E-state index contributed by atoms with van der Waals surface area (Å²) in [6.45, 7) is 2.12. The fourth-order valence-corrected chi connectivity index (χ4v) is 3.04. The molecule has 0 aliphatic heterocycles.